The summed E-state index contributed by atoms with van der Waals surface area (Å²) < 4.78 is 0. The summed E-state index contributed by atoms with van der Waals surface area (Å²) in [7, 11) is 2.08. The second-order valence-electron chi connectivity index (χ2n) is 7.44. The van der Waals surface area contributed by atoms with Gasteiger partial charge in [-0.2, -0.15) is 0 Å². The summed E-state index contributed by atoms with van der Waals surface area (Å²) in [5.41, 5.74) is 2.91. The highest BCUT2D eigenvalue weighted by Crippen LogP contribution is 2.38. The zero-order valence-corrected chi connectivity index (χ0v) is 16.3. The first-order valence-electron chi connectivity index (χ1n) is 9.18. The summed E-state index contributed by atoms with van der Waals surface area (Å²) in [4.78, 5) is 15.7. The number of nitrogens with zero attached hydrogens (tertiary/aromatic N) is 1. The molecule has 0 bridgehead atoms. The molecular weight excluding hydrogens is 342 g/mol. The molecule has 2 aromatic rings. The van der Waals surface area contributed by atoms with Gasteiger partial charge >= 0.3 is 0 Å². The van der Waals surface area contributed by atoms with Gasteiger partial charge in [0, 0.05) is 36.3 Å². The fraction of sp³-hybridized carbons (Fsp3) is 0.381. The van der Waals surface area contributed by atoms with Crippen molar-refractivity contribution in [2.24, 2.45) is 5.92 Å². The molecule has 1 aliphatic heterocycles. The van der Waals surface area contributed by atoms with Crippen molar-refractivity contribution in [1.29, 1.82) is 0 Å². The smallest absolute Gasteiger partial charge is 0.222 e. The van der Waals surface area contributed by atoms with E-state index in [1.165, 1.54) is 26.8 Å². The molecule has 1 heterocycles. The number of rotatable bonds is 4. The molecule has 0 saturated carbocycles. The van der Waals surface area contributed by atoms with Crippen LogP contribution in [0.15, 0.2) is 47.6 Å². The Balaban J connectivity index is 1.69. The van der Waals surface area contributed by atoms with E-state index < -0.39 is 0 Å². The summed E-state index contributed by atoms with van der Waals surface area (Å²) in [5, 5.41) is 9.30. The topological polar surface area (TPSA) is 44.4 Å². The van der Waals surface area contributed by atoms with Gasteiger partial charge in [0.2, 0.25) is 5.91 Å². The normalized spacial score (nSPS) is 21.3. The third-order valence-corrected chi connectivity index (χ3v) is 6.47. The lowest BCUT2D eigenvalue weighted by Crippen LogP contribution is -2.41. The number of hydrogen-bond acceptors (Lipinski definition) is 4. The molecule has 4 nitrogen and oxygen atoms in total. The van der Waals surface area contributed by atoms with Crippen LogP contribution in [-0.2, 0) is 17.6 Å². The van der Waals surface area contributed by atoms with E-state index in [0.29, 0.717) is 0 Å². The first-order chi connectivity index (χ1) is 12.5. The molecule has 2 aliphatic rings. The Bertz CT molecular complexity index is 877. The average molecular weight is 368 g/mol. The predicted octanol–water partition coefficient (Wildman–Crippen LogP) is 3.46. The van der Waals surface area contributed by atoms with Gasteiger partial charge in [0.1, 0.15) is 0 Å². The number of nitrogens with one attached hydrogen (secondary N) is 2. The Morgan fingerprint density at radius 1 is 1.27 bits per heavy atom. The molecule has 0 fully saturated rings. The molecule has 2 unspecified atom stereocenters. The van der Waals surface area contributed by atoms with E-state index in [2.05, 4.69) is 59.1 Å². The lowest BCUT2D eigenvalue weighted by Gasteiger charge is -2.29. The van der Waals surface area contributed by atoms with Crippen LogP contribution in [0.4, 0.5) is 0 Å². The van der Waals surface area contributed by atoms with E-state index in [4.69, 9.17) is 0 Å². The highest BCUT2D eigenvalue weighted by atomic mass is 32.2. The largest absolute Gasteiger partial charge is 0.361 e. The summed E-state index contributed by atoms with van der Waals surface area (Å²) in [6, 6.07) is 11.1. The minimum absolute atomic E-state index is 0.0132. The van der Waals surface area contributed by atoms with Crippen LogP contribution in [0.25, 0.3) is 10.8 Å². The molecule has 2 aromatic carbocycles. The number of carbonyl (C=O) groups excluding carboxylic acids is 1. The van der Waals surface area contributed by atoms with Crippen molar-refractivity contribution in [2.75, 3.05) is 7.05 Å². The van der Waals surface area contributed by atoms with Crippen molar-refractivity contribution in [3.63, 3.8) is 0 Å². The van der Waals surface area contributed by atoms with Crippen molar-refractivity contribution >= 4 is 28.4 Å². The van der Waals surface area contributed by atoms with Crippen molar-refractivity contribution in [3.05, 3.63) is 53.9 Å². The number of benzene rings is 2. The van der Waals surface area contributed by atoms with Crippen molar-refractivity contribution in [3.8, 4) is 0 Å². The Labute approximate surface area is 159 Å². The van der Waals surface area contributed by atoms with Gasteiger partial charge in [-0.15, -0.1) is 0 Å². The first-order valence-corrected chi connectivity index (χ1v) is 10.1. The minimum Gasteiger partial charge on any atom is -0.361 e. The van der Waals surface area contributed by atoms with Gasteiger partial charge in [-0.3, -0.25) is 4.79 Å². The van der Waals surface area contributed by atoms with Gasteiger partial charge in [-0.1, -0.05) is 49.9 Å². The highest BCUT2D eigenvalue weighted by Gasteiger charge is 2.26. The maximum atomic E-state index is 12.2. The molecule has 1 aliphatic carbocycles. The zero-order valence-electron chi connectivity index (χ0n) is 15.5. The molecule has 4 rings (SSSR count). The molecule has 1 amide bonds. The van der Waals surface area contributed by atoms with Crippen LogP contribution in [0.5, 0.6) is 0 Å². The van der Waals surface area contributed by atoms with E-state index in [1.807, 2.05) is 31.8 Å². The van der Waals surface area contributed by atoms with Crippen LogP contribution in [0.3, 0.4) is 0 Å². The Morgan fingerprint density at radius 3 is 2.85 bits per heavy atom. The molecule has 0 radical (unpaired) electrons. The fourth-order valence-corrected chi connectivity index (χ4v) is 4.83. The summed E-state index contributed by atoms with van der Waals surface area (Å²) >= 11 is 1.83. The van der Waals surface area contributed by atoms with E-state index in [0.717, 1.165) is 12.8 Å². The summed E-state index contributed by atoms with van der Waals surface area (Å²) in [6.45, 7) is 3.89. The first kappa shape index (κ1) is 17.3. The molecule has 26 heavy (non-hydrogen) atoms. The molecule has 2 N–H and O–H groups in total. The molecule has 5 heteroatoms. The Kier molecular flexibility index (Phi) is 4.57. The van der Waals surface area contributed by atoms with Crippen LogP contribution >= 0.6 is 11.8 Å². The quantitative estimate of drug-likeness (QED) is 0.869. The predicted molar refractivity (Wildman–Crippen MR) is 108 cm³/mol. The Morgan fingerprint density at radius 2 is 2.12 bits per heavy atom. The van der Waals surface area contributed by atoms with E-state index in [-0.39, 0.29) is 23.4 Å². The van der Waals surface area contributed by atoms with E-state index in [9.17, 15) is 4.79 Å². The molecule has 2 atom stereocenters. The van der Waals surface area contributed by atoms with Gasteiger partial charge in [-0.25, -0.2) is 0 Å². The average Bonchev–Trinajstić information content (AvgIpc) is 3.02. The molecule has 136 valence electrons. The molecule has 0 spiro atoms. The van der Waals surface area contributed by atoms with Crippen LogP contribution in [0.1, 0.15) is 25.0 Å². The van der Waals surface area contributed by atoms with Crippen molar-refractivity contribution in [2.45, 2.75) is 43.1 Å². The maximum absolute atomic E-state index is 12.2. The van der Waals surface area contributed by atoms with Crippen LogP contribution < -0.4 is 10.6 Å². The molecular formula is C21H25N3OS. The van der Waals surface area contributed by atoms with E-state index >= 15 is 0 Å². The maximum Gasteiger partial charge on any atom is 0.222 e. The van der Waals surface area contributed by atoms with Crippen LogP contribution in [0, 0.1) is 5.92 Å². The van der Waals surface area contributed by atoms with Gasteiger partial charge in [0.25, 0.3) is 0 Å². The van der Waals surface area contributed by atoms with Gasteiger partial charge in [-0.05, 0) is 40.8 Å². The van der Waals surface area contributed by atoms with Gasteiger partial charge in [0.05, 0.1) is 0 Å². The minimum atomic E-state index is 0.0132. The highest BCUT2D eigenvalue weighted by molar-refractivity contribution is 7.99. The van der Waals surface area contributed by atoms with Crippen molar-refractivity contribution < 1.29 is 4.79 Å². The monoisotopic (exact) mass is 367 g/mol. The number of carbonyl (C=O) groups is 1. The van der Waals surface area contributed by atoms with Crippen molar-refractivity contribution in [1.82, 2.24) is 15.5 Å². The third kappa shape index (κ3) is 3.16. The summed E-state index contributed by atoms with van der Waals surface area (Å²) in [6.07, 6.45) is 5.84. The second-order valence-corrected chi connectivity index (χ2v) is 8.57. The van der Waals surface area contributed by atoms with Crippen LogP contribution in [0.2, 0.25) is 0 Å². The summed E-state index contributed by atoms with van der Waals surface area (Å²) in [5.74, 6) is 0.149. The number of thioether (sulfide) groups is 1. The molecule has 0 aromatic heterocycles. The second kappa shape index (κ2) is 6.88. The SMILES string of the molecule is CC(C)C(=O)NC1Cc2cccc3ccc(SC4NC=CN4C)c(c23)C1. The number of amides is 1. The van der Waals surface area contributed by atoms with Gasteiger partial charge < -0.3 is 15.5 Å². The van der Waals surface area contributed by atoms with Gasteiger partial charge in [0.15, 0.2) is 5.50 Å². The lowest BCUT2D eigenvalue weighted by molar-refractivity contribution is -0.124. The Hall–Kier alpha value is -2.14. The fourth-order valence-electron chi connectivity index (χ4n) is 3.73. The standard InChI is InChI=1S/C21H25N3OS/c1-13(2)20(25)23-16-11-15-6-4-5-14-7-8-18(17(12-16)19(14)15)26-21-22-9-10-24(21)3/h4-10,13,16,21-22H,11-12H2,1-3H3,(H,23,25). The molecule has 0 saturated heterocycles. The number of hydrogen-bond donors (Lipinski definition) is 2. The lowest BCUT2D eigenvalue weighted by atomic mass is 9.85. The van der Waals surface area contributed by atoms with E-state index in [1.54, 1.807) is 0 Å². The third-order valence-electron chi connectivity index (χ3n) is 5.14. The van der Waals surface area contributed by atoms with Crippen LogP contribution in [-0.4, -0.2) is 29.4 Å². The zero-order chi connectivity index (χ0) is 18.3.